The van der Waals surface area contributed by atoms with Crippen LogP contribution in [-0.4, -0.2) is 35.2 Å². The summed E-state index contributed by atoms with van der Waals surface area (Å²) in [5, 5.41) is 5.59. The number of aromatic nitrogens is 2. The third kappa shape index (κ3) is 4.03. The smallest absolute Gasteiger partial charge is 0.270 e. The molecule has 0 aliphatic carbocycles. The third-order valence-electron chi connectivity index (χ3n) is 5.91. The lowest BCUT2D eigenvalue weighted by Crippen LogP contribution is -2.38. The van der Waals surface area contributed by atoms with Crippen LogP contribution in [0.1, 0.15) is 23.8 Å². The van der Waals surface area contributed by atoms with Gasteiger partial charge in [0.05, 0.1) is 25.2 Å². The van der Waals surface area contributed by atoms with E-state index in [1.165, 1.54) is 25.7 Å². The van der Waals surface area contributed by atoms with E-state index in [0.717, 1.165) is 17.7 Å². The molecule has 1 amide bonds. The van der Waals surface area contributed by atoms with Gasteiger partial charge in [0.1, 0.15) is 5.69 Å². The summed E-state index contributed by atoms with van der Waals surface area (Å²) in [7, 11) is 1.64. The van der Waals surface area contributed by atoms with E-state index < -0.39 is 0 Å². The molecule has 33 heavy (non-hydrogen) atoms. The number of thiophene rings is 1. The number of nitrogens with one attached hydrogen (secondary N) is 1. The fourth-order valence-electron chi connectivity index (χ4n) is 4.19. The Morgan fingerprint density at radius 3 is 2.76 bits per heavy atom. The van der Waals surface area contributed by atoms with Crippen LogP contribution >= 0.6 is 11.3 Å². The molecule has 6 heteroatoms. The standard InChI is InChI=1S/C27H25N3O2S/c1-3-19(16-32-2)29-27(31)24-15-28-17-30(24)20-9-6-8-18(14-20)21-11-7-12-23-22-10-4-5-13-25(22)33-26(21)23/h4-15,17,19H,3,16H2,1-2H3,(H,29,31)/t19-/m1/s1. The van der Waals surface area contributed by atoms with Crippen LogP contribution in [0.5, 0.6) is 0 Å². The number of amides is 1. The van der Waals surface area contributed by atoms with Gasteiger partial charge in [-0.25, -0.2) is 4.98 Å². The maximum atomic E-state index is 12.9. The van der Waals surface area contributed by atoms with Gasteiger partial charge < -0.3 is 10.1 Å². The molecule has 0 aliphatic heterocycles. The molecule has 5 aromatic rings. The molecular weight excluding hydrogens is 430 g/mol. The lowest BCUT2D eigenvalue weighted by molar-refractivity contribution is 0.0888. The summed E-state index contributed by atoms with van der Waals surface area (Å²) in [6.45, 7) is 2.50. The van der Waals surface area contributed by atoms with Crippen molar-refractivity contribution in [3.05, 3.63) is 84.9 Å². The van der Waals surface area contributed by atoms with Gasteiger partial charge in [0.15, 0.2) is 0 Å². The minimum absolute atomic E-state index is 0.0391. The highest BCUT2D eigenvalue weighted by molar-refractivity contribution is 7.26. The Labute approximate surface area is 196 Å². The zero-order valence-corrected chi connectivity index (χ0v) is 19.4. The van der Waals surface area contributed by atoms with Crippen LogP contribution < -0.4 is 5.32 Å². The zero-order chi connectivity index (χ0) is 22.8. The third-order valence-corrected chi connectivity index (χ3v) is 7.13. The molecule has 166 valence electrons. The molecule has 0 bridgehead atoms. The molecule has 0 saturated heterocycles. The topological polar surface area (TPSA) is 56.1 Å². The molecule has 0 unspecified atom stereocenters. The number of rotatable bonds is 7. The van der Waals surface area contributed by atoms with Crippen LogP contribution in [0.2, 0.25) is 0 Å². The van der Waals surface area contributed by atoms with E-state index in [1.54, 1.807) is 19.6 Å². The van der Waals surface area contributed by atoms with E-state index in [0.29, 0.717) is 12.3 Å². The number of carbonyl (C=O) groups is 1. The number of fused-ring (bicyclic) bond motifs is 3. The first-order valence-electron chi connectivity index (χ1n) is 11.0. The van der Waals surface area contributed by atoms with Gasteiger partial charge in [-0.05, 0) is 35.7 Å². The zero-order valence-electron chi connectivity index (χ0n) is 18.6. The van der Waals surface area contributed by atoms with Gasteiger partial charge in [0, 0.05) is 33.0 Å². The number of ether oxygens (including phenoxy) is 1. The Morgan fingerprint density at radius 1 is 1.09 bits per heavy atom. The molecule has 5 rings (SSSR count). The van der Waals surface area contributed by atoms with Crippen LogP contribution in [0.15, 0.2) is 79.3 Å². The summed E-state index contributed by atoms with van der Waals surface area (Å²) in [5.74, 6) is -0.159. The highest BCUT2D eigenvalue weighted by atomic mass is 32.1. The average Bonchev–Trinajstić information content (AvgIpc) is 3.49. The lowest BCUT2D eigenvalue weighted by Gasteiger charge is -2.17. The molecule has 0 saturated carbocycles. The van der Waals surface area contributed by atoms with Crippen LogP contribution in [0.25, 0.3) is 37.0 Å². The minimum Gasteiger partial charge on any atom is -0.383 e. The monoisotopic (exact) mass is 455 g/mol. The summed E-state index contributed by atoms with van der Waals surface area (Å²) < 4.78 is 9.60. The molecule has 3 aromatic carbocycles. The fraction of sp³-hybridized carbons (Fsp3) is 0.185. The molecule has 1 atom stereocenters. The van der Waals surface area contributed by atoms with Crippen molar-refractivity contribution >= 4 is 37.4 Å². The predicted octanol–water partition coefficient (Wildman–Crippen LogP) is 6.06. The first-order chi connectivity index (χ1) is 16.2. The number of hydrogen-bond donors (Lipinski definition) is 1. The fourth-order valence-corrected chi connectivity index (χ4v) is 5.43. The summed E-state index contributed by atoms with van der Waals surface area (Å²) in [6.07, 6.45) is 4.09. The normalized spacial score (nSPS) is 12.3. The maximum Gasteiger partial charge on any atom is 0.270 e. The van der Waals surface area contributed by atoms with Crippen molar-refractivity contribution in [2.24, 2.45) is 0 Å². The van der Waals surface area contributed by atoms with Gasteiger partial charge in [-0.15, -0.1) is 11.3 Å². The van der Waals surface area contributed by atoms with Gasteiger partial charge in [0.25, 0.3) is 5.91 Å². The van der Waals surface area contributed by atoms with Gasteiger partial charge in [-0.3, -0.25) is 9.36 Å². The Balaban J connectivity index is 1.53. The first-order valence-corrected chi connectivity index (χ1v) is 11.8. The van der Waals surface area contributed by atoms with Crippen molar-refractivity contribution in [1.29, 1.82) is 0 Å². The Morgan fingerprint density at radius 2 is 1.91 bits per heavy atom. The number of benzene rings is 3. The second kappa shape index (κ2) is 9.17. The number of nitrogens with zero attached hydrogens (tertiary/aromatic N) is 2. The van der Waals surface area contributed by atoms with Crippen molar-refractivity contribution in [3.8, 4) is 16.8 Å². The maximum absolute atomic E-state index is 12.9. The number of imidazole rings is 1. The molecule has 2 aromatic heterocycles. The Hall–Kier alpha value is -3.48. The van der Waals surface area contributed by atoms with E-state index >= 15 is 0 Å². The highest BCUT2D eigenvalue weighted by Crippen LogP contribution is 2.40. The van der Waals surface area contributed by atoms with Crippen molar-refractivity contribution in [1.82, 2.24) is 14.9 Å². The van der Waals surface area contributed by atoms with E-state index in [4.69, 9.17) is 4.74 Å². The molecule has 0 aliphatic rings. The average molecular weight is 456 g/mol. The largest absolute Gasteiger partial charge is 0.383 e. The van der Waals surface area contributed by atoms with Crippen molar-refractivity contribution in [2.75, 3.05) is 13.7 Å². The first kappa shape index (κ1) is 21.4. The SMILES string of the molecule is CC[C@H](COC)NC(=O)c1cncn1-c1cccc(-c2cccc3c2sc2ccccc23)c1. The lowest BCUT2D eigenvalue weighted by atomic mass is 10.0. The van der Waals surface area contributed by atoms with Crippen LogP contribution in [-0.2, 0) is 4.74 Å². The summed E-state index contributed by atoms with van der Waals surface area (Å²) >= 11 is 1.81. The molecule has 5 nitrogen and oxygen atoms in total. The number of hydrogen-bond acceptors (Lipinski definition) is 4. The van der Waals surface area contributed by atoms with Crippen LogP contribution in [0.3, 0.4) is 0 Å². The second-order valence-corrected chi connectivity index (χ2v) is 9.07. The predicted molar refractivity (Wildman–Crippen MR) is 135 cm³/mol. The van der Waals surface area contributed by atoms with E-state index in [-0.39, 0.29) is 11.9 Å². The second-order valence-electron chi connectivity index (χ2n) is 8.01. The molecule has 1 N–H and O–H groups in total. The van der Waals surface area contributed by atoms with Crippen LogP contribution in [0, 0.1) is 0 Å². The van der Waals surface area contributed by atoms with Gasteiger partial charge in [0.2, 0.25) is 0 Å². The highest BCUT2D eigenvalue weighted by Gasteiger charge is 2.17. The molecule has 2 heterocycles. The number of carbonyl (C=O) groups excluding carboxylic acids is 1. The molecule has 0 spiro atoms. The van der Waals surface area contributed by atoms with Crippen molar-refractivity contribution in [3.63, 3.8) is 0 Å². The molecule has 0 radical (unpaired) electrons. The van der Waals surface area contributed by atoms with E-state index in [9.17, 15) is 4.79 Å². The summed E-state index contributed by atoms with van der Waals surface area (Å²) in [6, 6.07) is 23.2. The van der Waals surface area contributed by atoms with Crippen LogP contribution in [0.4, 0.5) is 0 Å². The van der Waals surface area contributed by atoms with Crippen molar-refractivity contribution in [2.45, 2.75) is 19.4 Å². The molecule has 0 fully saturated rings. The minimum atomic E-state index is -0.159. The van der Waals surface area contributed by atoms with E-state index in [2.05, 4.69) is 64.9 Å². The Kier molecular flexibility index (Phi) is 5.94. The quantitative estimate of drug-likeness (QED) is 0.324. The van der Waals surface area contributed by atoms with E-state index in [1.807, 2.05) is 35.0 Å². The summed E-state index contributed by atoms with van der Waals surface area (Å²) in [4.78, 5) is 17.2. The van der Waals surface area contributed by atoms with Gasteiger partial charge >= 0.3 is 0 Å². The Bertz CT molecular complexity index is 1440. The van der Waals surface area contributed by atoms with Gasteiger partial charge in [-0.2, -0.15) is 0 Å². The summed E-state index contributed by atoms with van der Waals surface area (Å²) in [5.41, 5.74) is 3.69. The van der Waals surface area contributed by atoms with Gasteiger partial charge in [-0.1, -0.05) is 55.5 Å². The number of methoxy groups -OCH3 is 1. The molecular formula is C27H25N3O2S. The van der Waals surface area contributed by atoms with Crippen molar-refractivity contribution < 1.29 is 9.53 Å².